The Morgan fingerprint density at radius 2 is 1.75 bits per heavy atom. The number of nitrogens with one attached hydrogen (secondary N) is 1. The molecule has 10 heteroatoms. The topological polar surface area (TPSA) is 99.3 Å². The number of benzene rings is 1. The third-order valence-electron chi connectivity index (χ3n) is 6.10. The largest absolute Gasteiger partial charge is 0.379 e. The molecule has 9 nitrogen and oxygen atoms in total. The summed E-state index contributed by atoms with van der Waals surface area (Å²) >= 11 is 0. The zero-order valence-corrected chi connectivity index (χ0v) is 19.8. The molecule has 0 unspecified atom stereocenters. The fourth-order valence-electron chi connectivity index (χ4n) is 4.21. The number of morpholine rings is 1. The molecule has 0 bridgehead atoms. The summed E-state index contributed by atoms with van der Waals surface area (Å²) in [7, 11) is -3.62. The van der Waals surface area contributed by atoms with Gasteiger partial charge < -0.3 is 15.0 Å². The van der Waals surface area contributed by atoms with Crippen LogP contribution in [-0.2, 0) is 24.3 Å². The van der Waals surface area contributed by atoms with E-state index in [1.165, 1.54) is 16.4 Å². The minimum absolute atomic E-state index is 0.0243. The van der Waals surface area contributed by atoms with Crippen molar-refractivity contribution < 1.29 is 22.7 Å². The monoisotopic (exact) mass is 466 g/mol. The van der Waals surface area contributed by atoms with Gasteiger partial charge in [-0.15, -0.1) is 0 Å². The Kier molecular flexibility index (Phi) is 8.64. The van der Waals surface area contributed by atoms with Crippen molar-refractivity contribution in [2.45, 2.75) is 31.6 Å². The number of sulfonamides is 1. The highest BCUT2D eigenvalue weighted by molar-refractivity contribution is 7.89. The number of hydrogen-bond acceptors (Lipinski definition) is 6. The molecule has 0 radical (unpaired) electrons. The average Bonchev–Trinajstić information content (AvgIpc) is 2.81. The van der Waals surface area contributed by atoms with Gasteiger partial charge >= 0.3 is 0 Å². The third-order valence-corrected chi connectivity index (χ3v) is 8.00. The quantitative estimate of drug-likeness (QED) is 0.619. The molecule has 2 heterocycles. The second-order valence-electron chi connectivity index (χ2n) is 8.15. The molecule has 0 aliphatic carbocycles. The molecule has 178 valence electrons. The summed E-state index contributed by atoms with van der Waals surface area (Å²) in [6, 6.07) is 6.36. The van der Waals surface area contributed by atoms with E-state index in [1.54, 1.807) is 12.1 Å². The van der Waals surface area contributed by atoms with Gasteiger partial charge in [0.2, 0.25) is 21.8 Å². The van der Waals surface area contributed by atoms with Crippen molar-refractivity contribution in [3.05, 3.63) is 24.3 Å². The minimum atomic E-state index is -3.62. The van der Waals surface area contributed by atoms with Gasteiger partial charge in [-0.3, -0.25) is 14.5 Å². The lowest BCUT2D eigenvalue weighted by molar-refractivity contribution is -0.136. The zero-order chi connectivity index (χ0) is 23.1. The number of likely N-dealkylation sites (tertiary alicyclic amines) is 1. The Balaban J connectivity index is 1.53. The maximum absolute atomic E-state index is 12.8. The number of carbonyl (C=O) groups excluding carboxylic acids is 2. The van der Waals surface area contributed by atoms with E-state index in [-0.39, 0.29) is 29.2 Å². The number of ether oxygens (including phenoxy) is 1. The van der Waals surface area contributed by atoms with Crippen LogP contribution in [0.15, 0.2) is 29.2 Å². The minimum Gasteiger partial charge on any atom is -0.379 e. The second-order valence-corrected chi connectivity index (χ2v) is 10.1. The first-order valence-electron chi connectivity index (χ1n) is 11.3. The maximum Gasteiger partial charge on any atom is 0.243 e. The zero-order valence-electron chi connectivity index (χ0n) is 19.0. The van der Waals surface area contributed by atoms with Gasteiger partial charge in [0.05, 0.1) is 24.7 Å². The van der Waals surface area contributed by atoms with E-state index >= 15 is 0 Å². The van der Waals surface area contributed by atoms with Crippen LogP contribution in [0.25, 0.3) is 0 Å². The van der Waals surface area contributed by atoms with E-state index in [9.17, 15) is 18.0 Å². The van der Waals surface area contributed by atoms with Crippen molar-refractivity contribution in [3.8, 4) is 0 Å². The Bertz CT molecular complexity index is 889. The summed E-state index contributed by atoms with van der Waals surface area (Å²) in [4.78, 5) is 29.1. The van der Waals surface area contributed by atoms with Crippen LogP contribution in [0.5, 0.6) is 0 Å². The van der Waals surface area contributed by atoms with Gasteiger partial charge in [-0.2, -0.15) is 4.31 Å². The van der Waals surface area contributed by atoms with Crippen LogP contribution in [-0.4, -0.2) is 93.4 Å². The third kappa shape index (κ3) is 6.06. The summed E-state index contributed by atoms with van der Waals surface area (Å²) in [6.45, 7) is 8.43. The number of amides is 2. The highest BCUT2D eigenvalue weighted by Crippen LogP contribution is 2.22. The van der Waals surface area contributed by atoms with E-state index in [2.05, 4.69) is 5.32 Å². The molecule has 1 aromatic carbocycles. The lowest BCUT2D eigenvalue weighted by atomic mass is 9.95. The molecule has 0 spiro atoms. The Morgan fingerprint density at radius 1 is 1.09 bits per heavy atom. The Morgan fingerprint density at radius 3 is 2.38 bits per heavy atom. The molecular formula is C22H34N4O5S. The summed E-state index contributed by atoms with van der Waals surface area (Å²) in [5, 5.41) is 2.81. The van der Waals surface area contributed by atoms with E-state index in [0.717, 1.165) is 25.9 Å². The lowest BCUT2D eigenvalue weighted by Crippen LogP contribution is -2.44. The van der Waals surface area contributed by atoms with Crippen LogP contribution in [0.4, 0.5) is 5.69 Å². The number of anilines is 1. The van der Waals surface area contributed by atoms with Crippen LogP contribution in [0.3, 0.4) is 0 Å². The van der Waals surface area contributed by atoms with Crippen molar-refractivity contribution in [1.82, 2.24) is 14.1 Å². The molecule has 2 aliphatic rings. The molecule has 2 aliphatic heterocycles. The lowest BCUT2D eigenvalue weighted by Gasteiger charge is -2.33. The van der Waals surface area contributed by atoms with Crippen LogP contribution >= 0.6 is 0 Å². The van der Waals surface area contributed by atoms with Gasteiger partial charge in [0.25, 0.3) is 0 Å². The summed E-state index contributed by atoms with van der Waals surface area (Å²) < 4.78 is 32.3. The maximum atomic E-state index is 12.8. The Labute approximate surface area is 190 Å². The van der Waals surface area contributed by atoms with Crippen molar-refractivity contribution >= 4 is 27.5 Å². The second kappa shape index (κ2) is 11.2. The molecular weight excluding hydrogens is 432 g/mol. The van der Waals surface area contributed by atoms with Crippen molar-refractivity contribution in [2.24, 2.45) is 5.92 Å². The summed E-state index contributed by atoms with van der Waals surface area (Å²) in [6.07, 6.45) is 1.49. The van der Waals surface area contributed by atoms with Crippen LogP contribution < -0.4 is 5.32 Å². The molecule has 1 aromatic rings. The number of hydrogen-bond donors (Lipinski definition) is 1. The molecule has 2 fully saturated rings. The van der Waals surface area contributed by atoms with Gasteiger partial charge in [-0.05, 0) is 58.0 Å². The first-order chi connectivity index (χ1) is 15.3. The Hall–Kier alpha value is -2.01. The van der Waals surface area contributed by atoms with Crippen LogP contribution in [0.2, 0.25) is 0 Å². The van der Waals surface area contributed by atoms with Gasteiger partial charge in [-0.1, -0.05) is 6.07 Å². The van der Waals surface area contributed by atoms with E-state index < -0.39 is 10.0 Å². The number of piperidine rings is 1. The molecule has 0 atom stereocenters. The number of carbonyl (C=O) groups is 2. The van der Waals surface area contributed by atoms with E-state index in [4.69, 9.17) is 4.74 Å². The fraction of sp³-hybridized carbons (Fsp3) is 0.636. The molecule has 1 N–H and O–H groups in total. The fourth-order valence-corrected chi connectivity index (χ4v) is 5.66. The van der Waals surface area contributed by atoms with Gasteiger partial charge in [0, 0.05) is 37.8 Å². The molecule has 0 aromatic heterocycles. The van der Waals surface area contributed by atoms with E-state index in [0.29, 0.717) is 45.1 Å². The summed E-state index contributed by atoms with van der Waals surface area (Å²) in [5.74, 6) is 0.0353. The predicted octanol–water partition coefficient (Wildman–Crippen LogP) is 1.23. The van der Waals surface area contributed by atoms with E-state index in [1.807, 2.05) is 23.6 Å². The van der Waals surface area contributed by atoms with Gasteiger partial charge in [-0.25, -0.2) is 8.42 Å². The van der Waals surface area contributed by atoms with Crippen LogP contribution in [0, 0.1) is 5.92 Å². The molecule has 2 saturated heterocycles. The van der Waals surface area contributed by atoms with Crippen LogP contribution in [0.1, 0.15) is 26.7 Å². The molecule has 32 heavy (non-hydrogen) atoms. The number of rotatable bonds is 8. The van der Waals surface area contributed by atoms with Gasteiger partial charge in [0.15, 0.2) is 0 Å². The highest BCUT2D eigenvalue weighted by atomic mass is 32.2. The van der Waals surface area contributed by atoms with Crippen molar-refractivity contribution in [1.29, 1.82) is 0 Å². The first-order valence-corrected chi connectivity index (χ1v) is 12.8. The predicted molar refractivity (Wildman–Crippen MR) is 122 cm³/mol. The number of nitrogens with zero attached hydrogens (tertiary/aromatic N) is 3. The van der Waals surface area contributed by atoms with Crippen molar-refractivity contribution in [3.63, 3.8) is 0 Å². The SMILES string of the molecule is CCN(CC)C(=O)C1CCN(CC(=O)Nc2cccc(S(=O)(=O)N3CCOCC3)c2)CC1. The molecule has 0 saturated carbocycles. The summed E-state index contributed by atoms with van der Waals surface area (Å²) in [5.41, 5.74) is 0.455. The average molecular weight is 467 g/mol. The molecule has 2 amide bonds. The smallest absolute Gasteiger partial charge is 0.243 e. The highest BCUT2D eigenvalue weighted by Gasteiger charge is 2.29. The van der Waals surface area contributed by atoms with Gasteiger partial charge in [0.1, 0.15) is 0 Å². The molecule has 3 rings (SSSR count). The standard InChI is InChI=1S/C22H34N4O5S/c1-3-25(4-2)22(28)18-8-10-24(11-9-18)17-21(27)23-19-6-5-7-20(16-19)32(29,30)26-12-14-31-15-13-26/h5-7,16,18H,3-4,8-15,17H2,1-2H3,(H,23,27). The van der Waals surface area contributed by atoms with Crippen molar-refractivity contribution in [2.75, 3.05) is 64.3 Å². The normalized spacial score (nSPS) is 18.9. The first kappa shape index (κ1) is 24.6.